The normalized spacial score (nSPS) is 11.5. The van der Waals surface area contributed by atoms with Crippen LogP contribution in [0.15, 0.2) is 42.7 Å². The van der Waals surface area contributed by atoms with Gasteiger partial charge in [0.2, 0.25) is 5.91 Å². The number of benzene rings is 1. The van der Waals surface area contributed by atoms with Crippen molar-refractivity contribution in [2.45, 2.75) is 25.9 Å². The van der Waals surface area contributed by atoms with Crippen molar-refractivity contribution in [2.24, 2.45) is 5.73 Å². The zero-order chi connectivity index (χ0) is 14.4. The molecule has 6 heteroatoms. The summed E-state index contributed by atoms with van der Waals surface area (Å²) in [5.41, 5.74) is 8.09. The van der Waals surface area contributed by atoms with E-state index in [0.717, 1.165) is 11.1 Å². The van der Waals surface area contributed by atoms with Gasteiger partial charge in [0.15, 0.2) is 0 Å². The summed E-state index contributed by atoms with van der Waals surface area (Å²) in [6.45, 7) is 3.21. The van der Waals surface area contributed by atoms with Gasteiger partial charge in [0.25, 0.3) is 0 Å². The maximum atomic E-state index is 11.8. The second-order valence-corrected chi connectivity index (χ2v) is 4.85. The molecule has 1 atom stereocenters. The molecule has 5 nitrogen and oxygen atoms in total. The van der Waals surface area contributed by atoms with E-state index in [1.54, 1.807) is 6.20 Å². The first-order valence-corrected chi connectivity index (χ1v) is 6.71. The van der Waals surface area contributed by atoms with Crippen molar-refractivity contribution < 1.29 is 4.79 Å². The number of nitrogens with one attached hydrogen (secondary N) is 1. The third kappa shape index (κ3) is 5.57. The van der Waals surface area contributed by atoms with E-state index in [0.29, 0.717) is 19.5 Å². The molecule has 0 spiro atoms. The van der Waals surface area contributed by atoms with E-state index in [9.17, 15) is 4.79 Å². The number of carbonyl (C=O) groups excluding carboxylic acids is 1. The molecule has 1 amide bonds. The van der Waals surface area contributed by atoms with Gasteiger partial charge in [-0.1, -0.05) is 30.3 Å². The second kappa shape index (κ2) is 8.44. The molecule has 1 unspecified atom stereocenters. The average Bonchev–Trinajstić information content (AvgIpc) is 2.85. The van der Waals surface area contributed by atoms with Crippen molar-refractivity contribution in [1.82, 2.24) is 15.1 Å². The number of amides is 1. The van der Waals surface area contributed by atoms with E-state index < -0.39 is 0 Å². The van der Waals surface area contributed by atoms with Crippen LogP contribution in [0, 0.1) is 6.92 Å². The minimum Gasteiger partial charge on any atom is -0.354 e. The SMILES string of the molecule is Cc1cnn(CCNC(=O)CC(N)c2ccccc2)c1.Cl. The molecule has 0 aliphatic carbocycles. The Morgan fingerprint density at radius 2 is 2.10 bits per heavy atom. The van der Waals surface area contributed by atoms with Crippen LogP contribution in [0.3, 0.4) is 0 Å². The summed E-state index contributed by atoms with van der Waals surface area (Å²) in [6.07, 6.45) is 4.04. The van der Waals surface area contributed by atoms with Crippen molar-refractivity contribution in [2.75, 3.05) is 6.54 Å². The van der Waals surface area contributed by atoms with E-state index in [-0.39, 0.29) is 24.4 Å². The Morgan fingerprint density at radius 3 is 2.71 bits per heavy atom. The largest absolute Gasteiger partial charge is 0.354 e. The smallest absolute Gasteiger partial charge is 0.221 e. The molecule has 1 aromatic heterocycles. The van der Waals surface area contributed by atoms with Crippen LogP contribution in [0.4, 0.5) is 0 Å². The predicted octanol–water partition coefficient (Wildman–Crippen LogP) is 1.82. The van der Waals surface area contributed by atoms with Gasteiger partial charge in [0.05, 0.1) is 12.7 Å². The van der Waals surface area contributed by atoms with Crippen LogP contribution in [-0.4, -0.2) is 22.2 Å². The Bertz CT molecular complexity index is 556. The fourth-order valence-electron chi connectivity index (χ4n) is 1.99. The zero-order valence-electron chi connectivity index (χ0n) is 12.0. The van der Waals surface area contributed by atoms with E-state index in [1.165, 1.54) is 0 Å². The molecular formula is C15H21ClN4O. The fourth-order valence-corrected chi connectivity index (χ4v) is 1.99. The molecule has 0 radical (unpaired) electrons. The first-order chi connectivity index (χ1) is 9.65. The second-order valence-electron chi connectivity index (χ2n) is 4.85. The lowest BCUT2D eigenvalue weighted by molar-refractivity contribution is -0.121. The summed E-state index contributed by atoms with van der Waals surface area (Å²) in [5.74, 6) is -0.0368. The van der Waals surface area contributed by atoms with E-state index in [1.807, 2.05) is 48.1 Å². The number of aryl methyl sites for hydroxylation is 1. The van der Waals surface area contributed by atoms with Gasteiger partial charge in [-0.2, -0.15) is 5.10 Å². The number of hydrogen-bond donors (Lipinski definition) is 2. The quantitative estimate of drug-likeness (QED) is 0.855. The fraction of sp³-hybridized carbons (Fsp3) is 0.333. The monoisotopic (exact) mass is 308 g/mol. The minimum absolute atomic E-state index is 0. The van der Waals surface area contributed by atoms with Crippen molar-refractivity contribution >= 4 is 18.3 Å². The lowest BCUT2D eigenvalue weighted by Gasteiger charge is -2.12. The summed E-state index contributed by atoms with van der Waals surface area (Å²) >= 11 is 0. The molecule has 0 saturated heterocycles. The Kier molecular flexibility index (Phi) is 6.91. The van der Waals surface area contributed by atoms with Crippen LogP contribution in [0.25, 0.3) is 0 Å². The topological polar surface area (TPSA) is 72.9 Å². The first kappa shape index (κ1) is 17.2. The molecule has 2 rings (SSSR count). The summed E-state index contributed by atoms with van der Waals surface area (Å²) in [4.78, 5) is 11.8. The standard InChI is InChI=1S/C15H20N4O.ClH/c1-12-10-18-19(11-12)8-7-17-15(20)9-14(16)13-5-3-2-4-6-13;/h2-6,10-11,14H,7-9,16H2,1H3,(H,17,20);1H. The van der Waals surface area contributed by atoms with Gasteiger partial charge in [0, 0.05) is 25.2 Å². The van der Waals surface area contributed by atoms with Gasteiger partial charge in [-0.15, -0.1) is 12.4 Å². The molecular weight excluding hydrogens is 288 g/mol. The van der Waals surface area contributed by atoms with Crippen LogP contribution >= 0.6 is 12.4 Å². The lowest BCUT2D eigenvalue weighted by Crippen LogP contribution is -2.30. The number of rotatable bonds is 6. The van der Waals surface area contributed by atoms with Crippen LogP contribution in [0.5, 0.6) is 0 Å². The van der Waals surface area contributed by atoms with Gasteiger partial charge < -0.3 is 11.1 Å². The third-order valence-electron chi connectivity index (χ3n) is 3.06. The van der Waals surface area contributed by atoms with E-state index >= 15 is 0 Å². The van der Waals surface area contributed by atoms with Crippen molar-refractivity contribution in [3.05, 3.63) is 53.9 Å². The first-order valence-electron chi connectivity index (χ1n) is 6.71. The van der Waals surface area contributed by atoms with Crippen LogP contribution < -0.4 is 11.1 Å². The molecule has 21 heavy (non-hydrogen) atoms. The Labute approximate surface area is 130 Å². The summed E-state index contributed by atoms with van der Waals surface area (Å²) in [6, 6.07) is 9.39. The van der Waals surface area contributed by atoms with Crippen LogP contribution in [-0.2, 0) is 11.3 Å². The highest BCUT2D eigenvalue weighted by atomic mass is 35.5. The number of nitrogens with two attached hydrogens (primary N) is 1. The Hall–Kier alpha value is -1.85. The van der Waals surface area contributed by atoms with Crippen molar-refractivity contribution in [3.8, 4) is 0 Å². The average molecular weight is 309 g/mol. The number of aromatic nitrogens is 2. The molecule has 0 fully saturated rings. The van der Waals surface area contributed by atoms with Crippen molar-refractivity contribution in [1.29, 1.82) is 0 Å². The van der Waals surface area contributed by atoms with Crippen LogP contribution in [0.2, 0.25) is 0 Å². The number of nitrogens with zero attached hydrogens (tertiary/aromatic N) is 2. The van der Waals surface area contributed by atoms with E-state index in [4.69, 9.17) is 5.73 Å². The van der Waals surface area contributed by atoms with Gasteiger partial charge in [-0.3, -0.25) is 9.48 Å². The van der Waals surface area contributed by atoms with Gasteiger partial charge in [0.1, 0.15) is 0 Å². The molecule has 0 bridgehead atoms. The summed E-state index contributed by atoms with van der Waals surface area (Å²) in [7, 11) is 0. The number of carbonyl (C=O) groups is 1. The highest BCUT2D eigenvalue weighted by Crippen LogP contribution is 2.12. The van der Waals surface area contributed by atoms with Gasteiger partial charge in [-0.25, -0.2) is 0 Å². The molecule has 0 saturated carbocycles. The summed E-state index contributed by atoms with van der Waals surface area (Å²) in [5, 5.41) is 7.02. The highest BCUT2D eigenvalue weighted by molar-refractivity contribution is 5.85. The molecule has 3 N–H and O–H groups in total. The van der Waals surface area contributed by atoms with E-state index in [2.05, 4.69) is 10.4 Å². The van der Waals surface area contributed by atoms with Gasteiger partial charge in [-0.05, 0) is 18.1 Å². The van der Waals surface area contributed by atoms with Gasteiger partial charge >= 0.3 is 0 Å². The molecule has 1 heterocycles. The molecule has 114 valence electrons. The maximum absolute atomic E-state index is 11.8. The Balaban J connectivity index is 0.00000220. The molecule has 0 aliphatic heterocycles. The zero-order valence-corrected chi connectivity index (χ0v) is 12.8. The maximum Gasteiger partial charge on any atom is 0.221 e. The predicted molar refractivity (Wildman–Crippen MR) is 85.2 cm³/mol. The number of hydrogen-bond acceptors (Lipinski definition) is 3. The Morgan fingerprint density at radius 1 is 1.38 bits per heavy atom. The number of halogens is 1. The van der Waals surface area contributed by atoms with Crippen LogP contribution in [0.1, 0.15) is 23.6 Å². The van der Waals surface area contributed by atoms with Crippen molar-refractivity contribution in [3.63, 3.8) is 0 Å². The molecule has 1 aromatic carbocycles. The molecule has 0 aliphatic rings. The lowest BCUT2D eigenvalue weighted by atomic mass is 10.0. The summed E-state index contributed by atoms with van der Waals surface area (Å²) < 4.78 is 1.81. The minimum atomic E-state index is -0.261. The third-order valence-corrected chi connectivity index (χ3v) is 3.06. The highest BCUT2D eigenvalue weighted by Gasteiger charge is 2.10. The molecule has 2 aromatic rings.